The summed E-state index contributed by atoms with van der Waals surface area (Å²) in [4.78, 5) is 0. The Hall–Kier alpha value is -0.0231. The molecule has 0 heterocycles. The van der Waals surface area contributed by atoms with E-state index < -0.39 is 14.8 Å². The summed E-state index contributed by atoms with van der Waals surface area (Å²) in [6.45, 7) is 7.47. The molecular formula is C25H54O6Si. The molecule has 0 amide bonds. The molecule has 0 radical (unpaired) electrons. The van der Waals surface area contributed by atoms with Crippen molar-refractivity contribution in [3.05, 3.63) is 0 Å². The molecule has 0 saturated heterocycles. The van der Waals surface area contributed by atoms with Crippen LogP contribution in [0.3, 0.4) is 0 Å². The zero-order chi connectivity index (χ0) is 24.0. The minimum absolute atomic E-state index is 0.112. The normalized spacial score (nSPS) is 12.6. The first-order valence-electron chi connectivity index (χ1n) is 13.1. The van der Waals surface area contributed by atoms with Gasteiger partial charge in [-0.2, -0.15) is 0 Å². The van der Waals surface area contributed by atoms with Crippen molar-refractivity contribution in [2.75, 3.05) is 41.2 Å². The second kappa shape index (κ2) is 21.5. The zero-order valence-electron chi connectivity index (χ0n) is 22.2. The third-order valence-electron chi connectivity index (χ3n) is 5.97. The van der Waals surface area contributed by atoms with Gasteiger partial charge in [0.2, 0.25) is 0 Å². The van der Waals surface area contributed by atoms with Gasteiger partial charge >= 0.3 is 14.8 Å². The van der Waals surface area contributed by atoms with Crippen molar-refractivity contribution in [1.82, 2.24) is 0 Å². The minimum Gasteiger partial charge on any atom is -0.374 e. The van der Waals surface area contributed by atoms with Crippen LogP contribution in [0.15, 0.2) is 0 Å². The van der Waals surface area contributed by atoms with E-state index in [2.05, 4.69) is 6.92 Å². The summed E-state index contributed by atoms with van der Waals surface area (Å²) >= 11 is 0. The average molecular weight is 479 g/mol. The Labute approximate surface area is 200 Å². The van der Waals surface area contributed by atoms with Crippen molar-refractivity contribution in [3.63, 3.8) is 0 Å². The van der Waals surface area contributed by atoms with Crippen LogP contribution in [0.1, 0.15) is 111 Å². The molecule has 0 aromatic rings. The maximum absolute atomic E-state index is 6.18. The van der Waals surface area contributed by atoms with Crippen molar-refractivity contribution in [1.29, 1.82) is 0 Å². The van der Waals surface area contributed by atoms with Gasteiger partial charge in [-0.1, -0.05) is 90.4 Å². The molecule has 0 fully saturated rings. The van der Waals surface area contributed by atoms with Gasteiger partial charge in [-0.3, -0.25) is 0 Å². The molecule has 0 bridgehead atoms. The van der Waals surface area contributed by atoms with E-state index in [9.17, 15) is 0 Å². The maximum Gasteiger partial charge on any atom is 0.501 e. The van der Waals surface area contributed by atoms with Crippen LogP contribution in [0.2, 0.25) is 6.04 Å². The summed E-state index contributed by atoms with van der Waals surface area (Å²) in [6, 6.07) is 0.805. The molecular weight excluding hydrogens is 424 g/mol. The first-order chi connectivity index (χ1) is 15.6. The fourth-order valence-corrected chi connectivity index (χ4v) is 6.58. The summed E-state index contributed by atoms with van der Waals surface area (Å²) in [7, 11) is 1.81. The molecule has 194 valence electrons. The Morgan fingerprint density at radius 3 is 1.22 bits per heavy atom. The van der Waals surface area contributed by atoms with Gasteiger partial charge in [0, 0.05) is 40.6 Å². The smallest absolute Gasteiger partial charge is 0.374 e. The van der Waals surface area contributed by atoms with Crippen molar-refractivity contribution < 1.29 is 27.5 Å². The van der Waals surface area contributed by atoms with Crippen LogP contribution >= 0.6 is 0 Å². The summed E-state index contributed by atoms with van der Waals surface area (Å²) in [5.74, 6) is -1.23. The van der Waals surface area contributed by atoms with Gasteiger partial charge in [0.05, 0.1) is 0 Å². The first kappa shape index (κ1) is 32.0. The van der Waals surface area contributed by atoms with Gasteiger partial charge in [-0.25, -0.2) is 0 Å². The summed E-state index contributed by atoms with van der Waals surface area (Å²) in [6.07, 6.45) is 18.8. The van der Waals surface area contributed by atoms with Crippen molar-refractivity contribution >= 4 is 8.80 Å². The van der Waals surface area contributed by atoms with Gasteiger partial charge in [0.1, 0.15) is 6.61 Å². The van der Waals surface area contributed by atoms with E-state index in [1.165, 1.54) is 105 Å². The molecule has 0 aliphatic carbocycles. The van der Waals surface area contributed by atoms with E-state index in [0.717, 1.165) is 12.5 Å². The molecule has 0 rings (SSSR count). The number of hydrogen-bond donors (Lipinski definition) is 0. The molecule has 0 saturated carbocycles. The van der Waals surface area contributed by atoms with Gasteiger partial charge in [0.25, 0.3) is 0 Å². The van der Waals surface area contributed by atoms with Crippen LogP contribution < -0.4 is 0 Å². The van der Waals surface area contributed by atoms with Gasteiger partial charge in [-0.15, -0.1) is 0 Å². The van der Waals surface area contributed by atoms with E-state index in [1.54, 1.807) is 0 Å². The standard InChI is InChI=1S/C25H54O6Si/c1-7-10-11-12-13-14-15-16-17-18-19-20-21-22-23-32(29-8-2,30-9-3)31-24-25(26-4,27-5)28-6/h7-24H2,1-6H3. The molecule has 0 unspecified atom stereocenters. The number of hydrogen-bond acceptors (Lipinski definition) is 6. The molecule has 0 aliphatic rings. The number of rotatable bonds is 25. The highest BCUT2D eigenvalue weighted by atomic mass is 28.4. The topological polar surface area (TPSA) is 55.4 Å². The highest BCUT2D eigenvalue weighted by Gasteiger charge is 2.44. The number of unbranched alkanes of at least 4 members (excludes halogenated alkanes) is 13. The molecule has 7 heteroatoms. The maximum atomic E-state index is 6.18. The van der Waals surface area contributed by atoms with E-state index in [4.69, 9.17) is 27.5 Å². The van der Waals surface area contributed by atoms with Gasteiger partial charge in [-0.05, 0) is 20.3 Å². The fourth-order valence-electron chi connectivity index (χ4n) is 3.94. The second-order valence-electron chi connectivity index (χ2n) is 8.48. The monoisotopic (exact) mass is 478 g/mol. The van der Waals surface area contributed by atoms with E-state index in [-0.39, 0.29) is 6.61 Å². The molecule has 0 N–H and O–H groups in total. The zero-order valence-corrected chi connectivity index (χ0v) is 23.2. The number of ether oxygens (including phenoxy) is 3. The predicted octanol–water partition coefficient (Wildman–Crippen LogP) is 7.09. The third-order valence-corrected chi connectivity index (χ3v) is 8.97. The van der Waals surface area contributed by atoms with Crippen LogP contribution in [-0.4, -0.2) is 55.9 Å². The lowest BCUT2D eigenvalue weighted by Gasteiger charge is -2.34. The molecule has 6 nitrogen and oxygen atoms in total. The molecule has 0 atom stereocenters. The summed E-state index contributed by atoms with van der Waals surface area (Å²) in [5.41, 5.74) is 0. The van der Waals surface area contributed by atoms with Crippen molar-refractivity contribution in [2.45, 2.75) is 123 Å². The van der Waals surface area contributed by atoms with Crippen molar-refractivity contribution in [3.8, 4) is 0 Å². The molecule has 0 spiro atoms. The van der Waals surface area contributed by atoms with Crippen LogP contribution in [0.25, 0.3) is 0 Å². The lowest BCUT2D eigenvalue weighted by Crippen LogP contribution is -2.51. The third kappa shape index (κ3) is 15.0. The van der Waals surface area contributed by atoms with Gasteiger partial charge in [0.15, 0.2) is 0 Å². The first-order valence-corrected chi connectivity index (χ1v) is 15.1. The molecule has 0 aliphatic heterocycles. The Morgan fingerprint density at radius 2 is 0.875 bits per heavy atom. The van der Waals surface area contributed by atoms with Gasteiger partial charge < -0.3 is 27.5 Å². The Morgan fingerprint density at radius 1 is 0.500 bits per heavy atom. The second-order valence-corrected chi connectivity index (χ2v) is 11.2. The van der Waals surface area contributed by atoms with Crippen LogP contribution in [0.4, 0.5) is 0 Å². The average Bonchev–Trinajstić information content (AvgIpc) is 2.81. The van der Waals surface area contributed by atoms with Crippen LogP contribution in [0.5, 0.6) is 0 Å². The number of methoxy groups -OCH3 is 3. The summed E-state index contributed by atoms with van der Waals surface area (Å²) < 4.78 is 34.3. The quantitative estimate of drug-likeness (QED) is 0.0793. The largest absolute Gasteiger partial charge is 0.501 e. The van der Waals surface area contributed by atoms with E-state index >= 15 is 0 Å². The van der Waals surface area contributed by atoms with Crippen LogP contribution in [0, 0.1) is 0 Å². The fraction of sp³-hybridized carbons (Fsp3) is 1.00. The SMILES string of the molecule is CCCCCCCCCCCCCCCC[Si](OCC)(OCC)OCC(OC)(OC)OC. The highest BCUT2D eigenvalue weighted by Crippen LogP contribution is 2.24. The van der Waals surface area contributed by atoms with E-state index in [0.29, 0.717) is 13.2 Å². The predicted molar refractivity (Wildman–Crippen MR) is 134 cm³/mol. The Kier molecular flexibility index (Phi) is 21.5. The molecule has 0 aromatic carbocycles. The van der Waals surface area contributed by atoms with Crippen LogP contribution in [-0.2, 0) is 27.5 Å². The van der Waals surface area contributed by atoms with Crippen molar-refractivity contribution in [2.24, 2.45) is 0 Å². The van der Waals surface area contributed by atoms with E-state index in [1.807, 2.05) is 13.8 Å². The molecule has 0 aromatic heterocycles. The lowest BCUT2D eigenvalue weighted by molar-refractivity contribution is -0.364. The minimum atomic E-state index is -2.80. The lowest BCUT2D eigenvalue weighted by atomic mass is 10.0. The highest BCUT2D eigenvalue weighted by molar-refractivity contribution is 6.60. The summed E-state index contributed by atoms with van der Waals surface area (Å²) in [5, 5.41) is 0. The molecule has 32 heavy (non-hydrogen) atoms. The Bertz CT molecular complexity index is 378. The Balaban J connectivity index is 4.09.